The van der Waals surface area contributed by atoms with Gasteiger partial charge in [0.1, 0.15) is 0 Å². The van der Waals surface area contributed by atoms with E-state index >= 15 is 0 Å². The Labute approximate surface area is 159 Å². The first-order chi connectivity index (χ1) is 12.4. The minimum Gasteiger partial charge on any atom is -0.354 e. The normalized spacial score (nSPS) is 10.2. The fourth-order valence-corrected chi connectivity index (χ4v) is 2.49. The number of benzene rings is 2. The van der Waals surface area contributed by atoms with Crippen LogP contribution in [0.3, 0.4) is 0 Å². The number of halogens is 2. The van der Waals surface area contributed by atoms with E-state index in [1.165, 1.54) is 36.4 Å². The molecule has 0 aliphatic heterocycles. The molecule has 136 valence electrons. The minimum absolute atomic E-state index is 0.101. The molecule has 0 saturated heterocycles. The standard InChI is InChI=1S/C17H15Cl2N3O4/c18-13-6-5-12(9-14(13)19)17(24)21-8-7-20-16(23)10-11-3-1-2-4-15(11)22(25)26/h1-6,9H,7-8,10H2,(H,20,23)(H,21,24). The molecule has 0 aliphatic carbocycles. The number of nitro benzene ring substituents is 1. The summed E-state index contributed by atoms with van der Waals surface area (Å²) in [6.45, 7) is 0.383. The number of nitrogens with one attached hydrogen (secondary N) is 2. The molecule has 0 spiro atoms. The Morgan fingerprint density at radius 1 is 1.00 bits per heavy atom. The molecule has 0 aliphatic rings. The van der Waals surface area contributed by atoms with Gasteiger partial charge in [0.15, 0.2) is 0 Å². The van der Waals surface area contributed by atoms with Crippen molar-refractivity contribution in [1.82, 2.24) is 10.6 Å². The van der Waals surface area contributed by atoms with Gasteiger partial charge in [-0.2, -0.15) is 0 Å². The summed E-state index contributed by atoms with van der Waals surface area (Å²) in [5, 5.41) is 16.8. The Morgan fingerprint density at radius 2 is 1.69 bits per heavy atom. The molecule has 0 heterocycles. The lowest BCUT2D eigenvalue weighted by atomic mass is 10.1. The predicted molar refractivity (Wildman–Crippen MR) is 98.6 cm³/mol. The van der Waals surface area contributed by atoms with Gasteiger partial charge in [0, 0.05) is 30.3 Å². The largest absolute Gasteiger partial charge is 0.354 e. The van der Waals surface area contributed by atoms with Gasteiger partial charge in [0.05, 0.1) is 21.4 Å². The number of para-hydroxylation sites is 1. The molecule has 0 saturated carbocycles. The zero-order valence-corrected chi connectivity index (χ0v) is 15.0. The molecule has 2 amide bonds. The Balaban J connectivity index is 1.79. The highest BCUT2D eigenvalue weighted by Crippen LogP contribution is 2.22. The Bertz CT molecular complexity index is 843. The molecule has 0 unspecified atom stereocenters. The lowest BCUT2D eigenvalue weighted by Crippen LogP contribution is -2.35. The topological polar surface area (TPSA) is 101 Å². The molecule has 26 heavy (non-hydrogen) atoms. The lowest BCUT2D eigenvalue weighted by molar-refractivity contribution is -0.385. The SMILES string of the molecule is O=C(Cc1ccccc1[N+](=O)[O-])NCCNC(=O)c1ccc(Cl)c(Cl)c1. The average molecular weight is 396 g/mol. The van der Waals surface area contributed by atoms with E-state index in [-0.39, 0.29) is 42.0 Å². The van der Waals surface area contributed by atoms with Gasteiger partial charge in [-0.15, -0.1) is 0 Å². The number of carbonyl (C=O) groups excluding carboxylic acids is 2. The van der Waals surface area contributed by atoms with Gasteiger partial charge in [-0.1, -0.05) is 41.4 Å². The van der Waals surface area contributed by atoms with Crippen molar-refractivity contribution < 1.29 is 14.5 Å². The summed E-state index contributed by atoms with van der Waals surface area (Å²) < 4.78 is 0. The molecule has 9 heteroatoms. The molecule has 2 aromatic rings. The van der Waals surface area contributed by atoms with Crippen molar-refractivity contribution in [2.45, 2.75) is 6.42 Å². The van der Waals surface area contributed by atoms with Crippen molar-refractivity contribution in [3.63, 3.8) is 0 Å². The van der Waals surface area contributed by atoms with Crippen molar-refractivity contribution >= 4 is 40.7 Å². The van der Waals surface area contributed by atoms with E-state index in [0.29, 0.717) is 16.1 Å². The van der Waals surface area contributed by atoms with Gasteiger partial charge in [-0.25, -0.2) is 0 Å². The molecule has 0 fully saturated rings. The third kappa shape index (κ3) is 5.44. The molecule has 0 atom stereocenters. The fourth-order valence-electron chi connectivity index (χ4n) is 2.19. The van der Waals surface area contributed by atoms with Crippen molar-refractivity contribution in [1.29, 1.82) is 0 Å². The molecule has 0 aromatic heterocycles. The van der Waals surface area contributed by atoms with Crippen LogP contribution in [0.1, 0.15) is 15.9 Å². The number of carbonyl (C=O) groups is 2. The van der Waals surface area contributed by atoms with Crippen LogP contribution in [0.2, 0.25) is 10.0 Å². The number of rotatable bonds is 7. The van der Waals surface area contributed by atoms with Crippen molar-refractivity contribution in [2.24, 2.45) is 0 Å². The Hall–Kier alpha value is -2.64. The quantitative estimate of drug-likeness (QED) is 0.427. The summed E-state index contributed by atoms with van der Waals surface area (Å²) in [7, 11) is 0. The second-order valence-corrected chi connectivity index (χ2v) is 6.11. The van der Waals surface area contributed by atoms with Crippen molar-refractivity contribution in [3.8, 4) is 0 Å². The minimum atomic E-state index is -0.528. The highest BCUT2D eigenvalue weighted by molar-refractivity contribution is 6.42. The third-order valence-electron chi connectivity index (χ3n) is 3.45. The van der Waals surface area contributed by atoms with Crippen LogP contribution in [0.25, 0.3) is 0 Å². The van der Waals surface area contributed by atoms with Gasteiger partial charge < -0.3 is 10.6 Å². The summed E-state index contributed by atoms with van der Waals surface area (Å²) >= 11 is 11.6. The molecule has 2 rings (SSSR count). The molecular formula is C17H15Cl2N3O4. The first-order valence-electron chi connectivity index (χ1n) is 7.60. The van der Waals surface area contributed by atoms with Crippen molar-refractivity contribution in [2.75, 3.05) is 13.1 Å². The number of hydrogen-bond acceptors (Lipinski definition) is 4. The summed E-state index contributed by atoms with van der Waals surface area (Å²) in [6, 6.07) is 10.6. The second kappa shape index (κ2) is 9.17. The van der Waals surface area contributed by atoms with E-state index in [1.54, 1.807) is 6.07 Å². The highest BCUT2D eigenvalue weighted by atomic mass is 35.5. The average Bonchev–Trinajstić information content (AvgIpc) is 2.61. The van der Waals surface area contributed by atoms with Gasteiger partial charge in [0.2, 0.25) is 5.91 Å². The fraction of sp³-hybridized carbons (Fsp3) is 0.176. The lowest BCUT2D eigenvalue weighted by Gasteiger charge is -2.08. The predicted octanol–water partition coefficient (Wildman–Crippen LogP) is 2.99. The van der Waals surface area contributed by atoms with E-state index in [2.05, 4.69) is 10.6 Å². The van der Waals surface area contributed by atoms with Crippen LogP contribution in [-0.2, 0) is 11.2 Å². The monoisotopic (exact) mass is 395 g/mol. The Morgan fingerprint density at radius 3 is 2.38 bits per heavy atom. The summed E-state index contributed by atoms with van der Waals surface area (Å²) in [5.41, 5.74) is 0.580. The number of hydrogen-bond donors (Lipinski definition) is 2. The third-order valence-corrected chi connectivity index (χ3v) is 4.19. The van der Waals surface area contributed by atoms with Crippen molar-refractivity contribution in [3.05, 3.63) is 73.8 Å². The first-order valence-corrected chi connectivity index (χ1v) is 8.36. The number of nitro groups is 1. The molecular weight excluding hydrogens is 381 g/mol. The first kappa shape index (κ1) is 19.7. The maximum atomic E-state index is 12.0. The zero-order valence-electron chi connectivity index (χ0n) is 13.5. The second-order valence-electron chi connectivity index (χ2n) is 5.30. The van der Waals surface area contributed by atoms with Gasteiger partial charge >= 0.3 is 0 Å². The van der Waals surface area contributed by atoms with Crippen LogP contribution >= 0.6 is 23.2 Å². The maximum Gasteiger partial charge on any atom is 0.273 e. The molecule has 2 aromatic carbocycles. The van der Waals surface area contributed by atoms with E-state index < -0.39 is 4.92 Å². The van der Waals surface area contributed by atoms with Crippen LogP contribution in [-0.4, -0.2) is 29.8 Å². The molecule has 7 nitrogen and oxygen atoms in total. The van der Waals surface area contributed by atoms with E-state index in [4.69, 9.17) is 23.2 Å². The summed E-state index contributed by atoms with van der Waals surface area (Å²) in [4.78, 5) is 34.3. The Kier molecular flexibility index (Phi) is 6.94. The van der Waals surface area contributed by atoms with E-state index in [0.717, 1.165) is 0 Å². The van der Waals surface area contributed by atoms with Gasteiger partial charge in [-0.05, 0) is 18.2 Å². The maximum absolute atomic E-state index is 12.0. The smallest absolute Gasteiger partial charge is 0.273 e. The van der Waals surface area contributed by atoms with Crippen LogP contribution < -0.4 is 10.6 Å². The molecule has 0 radical (unpaired) electrons. The summed E-state index contributed by atoms with van der Waals surface area (Å²) in [6.07, 6.45) is -0.113. The van der Waals surface area contributed by atoms with Gasteiger partial charge in [-0.3, -0.25) is 19.7 Å². The van der Waals surface area contributed by atoms with Crippen LogP contribution in [0, 0.1) is 10.1 Å². The summed E-state index contributed by atoms with van der Waals surface area (Å²) in [5.74, 6) is -0.723. The number of nitrogens with zero attached hydrogens (tertiary/aromatic N) is 1. The number of amides is 2. The molecule has 0 bridgehead atoms. The zero-order chi connectivity index (χ0) is 19.1. The van der Waals surface area contributed by atoms with Gasteiger partial charge in [0.25, 0.3) is 11.6 Å². The van der Waals surface area contributed by atoms with Crippen LogP contribution in [0.5, 0.6) is 0 Å². The highest BCUT2D eigenvalue weighted by Gasteiger charge is 2.15. The van der Waals surface area contributed by atoms with Crippen LogP contribution in [0.4, 0.5) is 5.69 Å². The van der Waals surface area contributed by atoms with Crippen LogP contribution in [0.15, 0.2) is 42.5 Å². The molecule has 2 N–H and O–H groups in total. The van der Waals surface area contributed by atoms with E-state index in [1.807, 2.05) is 0 Å². The van der Waals surface area contributed by atoms with E-state index in [9.17, 15) is 19.7 Å².